The van der Waals surface area contributed by atoms with E-state index in [2.05, 4.69) is 93.8 Å². The zero-order valence-corrected chi connectivity index (χ0v) is 17.4. The van der Waals surface area contributed by atoms with Crippen molar-refractivity contribution in [3.8, 4) is 0 Å². The van der Waals surface area contributed by atoms with Gasteiger partial charge in [0.2, 0.25) is 0 Å². The number of halogens is 3. The average molecular weight is 598 g/mol. The molecule has 0 saturated carbocycles. The third-order valence-electron chi connectivity index (χ3n) is 3.23. The molecule has 0 amide bonds. The Morgan fingerprint density at radius 2 is 1.95 bits per heavy atom. The smallest absolute Gasteiger partial charge is 0.162 e. The third kappa shape index (κ3) is 4.65. The molecule has 106 valence electrons. The van der Waals surface area contributed by atoms with E-state index in [1.165, 1.54) is 16.3 Å². The molecule has 1 aromatic rings. The topological polar surface area (TPSA) is 18.5 Å². The Balaban J connectivity index is 2.12. The van der Waals surface area contributed by atoms with Crippen LogP contribution in [0.5, 0.6) is 0 Å². The molecule has 0 aromatic heterocycles. The van der Waals surface area contributed by atoms with Crippen LogP contribution in [-0.2, 0) is 15.9 Å². The zero-order chi connectivity index (χ0) is 14.0. The van der Waals surface area contributed by atoms with Crippen LogP contribution in [0.4, 0.5) is 0 Å². The van der Waals surface area contributed by atoms with Crippen LogP contribution in [0.25, 0.3) is 0 Å². The molecule has 0 aliphatic carbocycles. The Morgan fingerprint density at radius 1 is 1.21 bits per heavy atom. The summed E-state index contributed by atoms with van der Waals surface area (Å²) >= 11 is 7.17. The molecule has 2 nitrogen and oxygen atoms in total. The fourth-order valence-corrected chi connectivity index (χ4v) is 4.78. The van der Waals surface area contributed by atoms with Gasteiger partial charge >= 0.3 is 0 Å². The van der Waals surface area contributed by atoms with Gasteiger partial charge in [0.1, 0.15) is 0 Å². The monoisotopic (exact) mass is 598 g/mol. The summed E-state index contributed by atoms with van der Waals surface area (Å²) in [4.78, 5) is 0. The second kappa shape index (κ2) is 7.55. The largest absolute Gasteiger partial charge is 0.349 e. The van der Waals surface area contributed by atoms with Crippen LogP contribution >= 0.6 is 67.8 Å². The van der Waals surface area contributed by atoms with Crippen molar-refractivity contribution < 1.29 is 9.47 Å². The predicted molar refractivity (Wildman–Crippen MR) is 102 cm³/mol. The molecule has 5 heteroatoms. The highest BCUT2D eigenvalue weighted by molar-refractivity contribution is 14.1. The van der Waals surface area contributed by atoms with Gasteiger partial charge in [0.15, 0.2) is 6.29 Å². The summed E-state index contributed by atoms with van der Waals surface area (Å²) in [5, 5.41) is 0. The van der Waals surface area contributed by atoms with E-state index in [-0.39, 0.29) is 6.29 Å². The highest BCUT2D eigenvalue weighted by Gasteiger charge is 2.27. The minimum Gasteiger partial charge on any atom is -0.349 e. The van der Waals surface area contributed by atoms with Gasteiger partial charge in [-0.3, -0.25) is 0 Å². The molecule has 0 N–H and O–H groups in total. The van der Waals surface area contributed by atoms with E-state index >= 15 is 0 Å². The maximum absolute atomic E-state index is 6.01. The van der Waals surface area contributed by atoms with E-state index in [1.54, 1.807) is 0 Å². The van der Waals surface area contributed by atoms with Gasteiger partial charge in [-0.1, -0.05) is 6.92 Å². The molecule has 1 aliphatic rings. The van der Waals surface area contributed by atoms with E-state index in [0.717, 1.165) is 19.3 Å². The molecule has 1 heterocycles. The van der Waals surface area contributed by atoms with Crippen LogP contribution in [0, 0.1) is 10.7 Å². The van der Waals surface area contributed by atoms with Crippen LogP contribution in [0.2, 0.25) is 0 Å². The average Bonchev–Trinajstić information content (AvgIpc) is 2.34. The number of rotatable bonds is 3. The summed E-state index contributed by atoms with van der Waals surface area (Å²) in [5.74, 6) is 0. The zero-order valence-electron chi connectivity index (χ0n) is 11.0. The predicted octanol–water partition coefficient (Wildman–Crippen LogP) is 4.97. The van der Waals surface area contributed by atoms with Crippen LogP contribution in [0.1, 0.15) is 32.3 Å². The number of hydrogen-bond donors (Lipinski definition) is 0. The molecular weight excluding hydrogens is 581 g/mol. The van der Waals surface area contributed by atoms with Crippen molar-refractivity contribution in [2.24, 2.45) is 0 Å². The first-order chi connectivity index (χ1) is 8.99. The molecule has 0 bridgehead atoms. The lowest BCUT2D eigenvalue weighted by Crippen LogP contribution is -2.37. The van der Waals surface area contributed by atoms with Gasteiger partial charge in [0, 0.05) is 17.1 Å². The second-order valence-electron chi connectivity index (χ2n) is 4.84. The Kier molecular flexibility index (Phi) is 6.63. The lowest BCUT2D eigenvalue weighted by Gasteiger charge is -2.34. The van der Waals surface area contributed by atoms with E-state index in [0.29, 0.717) is 12.2 Å². The molecular formula is C14H17I3O2. The summed E-state index contributed by atoms with van der Waals surface area (Å²) in [7, 11) is 0. The van der Waals surface area contributed by atoms with Crippen molar-refractivity contribution in [3.05, 3.63) is 28.4 Å². The Hall–Kier alpha value is 1.33. The molecule has 3 atom stereocenters. The first-order valence-corrected chi connectivity index (χ1v) is 9.67. The fraction of sp³-hybridized carbons (Fsp3) is 0.571. The standard InChI is InChI=1S/C14H17I3O2/c1-3-11-4-8(2)18-13(19-11)6-9-5-10(15)7-12(16)14(9)17/h5,7-8,11,13H,3-4,6H2,1-2H3. The molecule has 1 aliphatic heterocycles. The highest BCUT2D eigenvalue weighted by atomic mass is 127. The Morgan fingerprint density at radius 3 is 2.63 bits per heavy atom. The Labute approximate surface area is 155 Å². The Bertz CT molecular complexity index is 451. The lowest BCUT2D eigenvalue weighted by molar-refractivity contribution is -0.237. The van der Waals surface area contributed by atoms with Crippen LogP contribution in [-0.4, -0.2) is 18.5 Å². The molecule has 3 unspecified atom stereocenters. The number of hydrogen-bond acceptors (Lipinski definition) is 2. The van der Waals surface area contributed by atoms with Crippen molar-refractivity contribution >= 4 is 67.8 Å². The fourth-order valence-electron chi connectivity index (χ4n) is 2.28. The van der Waals surface area contributed by atoms with Gasteiger partial charge in [0.25, 0.3) is 0 Å². The molecule has 19 heavy (non-hydrogen) atoms. The minimum absolute atomic E-state index is 0.101. The number of ether oxygens (including phenoxy) is 2. The quantitative estimate of drug-likeness (QED) is 0.362. The van der Waals surface area contributed by atoms with E-state index < -0.39 is 0 Å². The van der Waals surface area contributed by atoms with Gasteiger partial charge in [-0.2, -0.15) is 0 Å². The van der Waals surface area contributed by atoms with Gasteiger partial charge in [-0.15, -0.1) is 0 Å². The molecule has 1 fully saturated rings. The number of benzene rings is 1. The first kappa shape index (κ1) is 16.7. The van der Waals surface area contributed by atoms with Gasteiger partial charge in [-0.25, -0.2) is 0 Å². The van der Waals surface area contributed by atoms with Gasteiger partial charge in [0.05, 0.1) is 12.2 Å². The summed E-state index contributed by atoms with van der Waals surface area (Å²) in [6.07, 6.45) is 3.44. The normalized spacial score (nSPS) is 27.5. The van der Waals surface area contributed by atoms with Crippen LogP contribution in [0.3, 0.4) is 0 Å². The summed E-state index contributed by atoms with van der Waals surface area (Å²) in [6.45, 7) is 4.32. The van der Waals surface area contributed by atoms with Crippen molar-refractivity contribution in [1.82, 2.24) is 0 Å². The van der Waals surface area contributed by atoms with Gasteiger partial charge < -0.3 is 9.47 Å². The molecule has 0 spiro atoms. The van der Waals surface area contributed by atoms with E-state index in [1.807, 2.05) is 0 Å². The molecule has 2 rings (SSSR count). The molecule has 0 radical (unpaired) electrons. The van der Waals surface area contributed by atoms with Crippen molar-refractivity contribution in [2.75, 3.05) is 0 Å². The molecule has 1 saturated heterocycles. The lowest BCUT2D eigenvalue weighted by atomic mass is 10.1. The van der Waals surface area contributed by atoms with Gasteiger partial charge in [-0.05, 0) is 105 Å². The van der Waals surface area contributed by atoms with Crippen molar-refractivity contribution in [1.29, 1.82) is 0 Å². The van der Waals surface area contributed by atoms with E-state index in [9.17, 15) is 0 Å². The van der Waals surface area contributed by atoms with Crippen LogP contribution < -0.4 is 0 Å². The molecule has 1 aromatic carbocycles. The summed E-state index contributed by atoms with van der Waals surface area (Å²) < 4.78 is 15.8. The van der Waals surface area contributed by atoms with Crippen molar-refractivity contribution in [2.45, 2.75) is 51.6 Å². The summed E-state index contributed by atoms with van der Waals surface area (Å²) in [5.41, 5.74) is 1.32. The van der Waals surface area contributed by atoms with Crippen molar-refractivity contribution in [3.63, 3.8) is 0 Å². The first-order valence-electron chi connectivity index (χ1n) is 6.44. The second-order valence-corrected chi connectivity index (χ2v) is 8.33. The summed E-state index contributed by atoms with van der Waals surface area (Å²) in [6, 6.07) is 4.43. The third-order valence-corrected chi connectivity index (χ3v) is 7.01. The maximum atomic E-state index is 6.01. The highest BCUT2D eigenvalue weighted by Crippen LogP contribution is 2.27. The SMILES string of the molecule is CCC1CC(C)OC(Cc2cc(I)cc(I)c2I)O1. The van der Waals surface area contributed by atoms with E-state index in [4.69, 9.17) is 9.47 Å². The maximum Gasteiger partial charge on any atom is 0.162 e. The minimum atomic E-state index is -0.101. The van der Waals surface area contributed by atoms with Crippen LogP contribution in [0.15, 0.2) is 12.1 Å².